The van der Waals surface area contributed by atoms with Crippen LogP contribution in [-0.2, 0) is 26.2 Å². The molecule has 208 valence electrons. The third kappa shape index (κ3) is 7.63. The maximum atomic E-state index is 14.6. The van der Waals surface area contributed by atoms with Gasteiger partial charge in [0.25, 0.3) is 10.0 Å². The molecule has 39 heavy (non-hydrogen) atoms. The van der Waals surface area contributed by atoms with E-state index in [0.717, 1.165) is 39.7 Å². The number of carbonyl (C=O) groups is 2. The summed E-state index contributed by atoms with van der Waals surface area (Å²) in [7, 11) is -4.27. The van der Waals surface area contributed by atoms with E-state index in [0.29, 0.717) is 6.54 Å². The lowest BCUT2D eigenvalue weighted by atomic mass is 10.1. The third-order valence-corrected chi connectivity index (χ3v) is 8.09. The second kappa shape index (κ2) is 13.3. The highest BCUT2D eigenvalue weighted by atomic mass is 32.2. The number of nitrogens with zero attached hydrogens (tertiary/aromatic N) is 2. The number of unbranched alkanes of at least 4 members (excludes halogenated alkanes) is 1. The predicted octanol–water partition coefficient (Wildman–Crippen LogP) is 4.80. The van der Waals surface area contributed by atoms with Crippen molar-refractivity contribution in [1.29, 1.82) is 0 Å². The summed E-state index contributed by atoms with van der Waals surface area (Å²) >= 11 is 0. The van der Waals surface area contributed by atoms with E-state index in [9.17, 15) is 26.8 Å². The van der Waals surface area contributed by atoms with Crippen LogP contribution in [0.4, 0.5) is 14.5 Å². The van der Waals surface area contributed by atoms with Gasteiger partial charge < -0.3 is 10.2 Å². The van der Waals surface area contributed by atoms with Crippen LogP contribution in [0.3, 0.4) is 0 Å². The molecule has 0 aliphatic heterocycles. The van der Waals surface area contributed by atoms with Crippen LogP contribution < -0.4 is 9.62 Å². The Morgan fingerprint density at radius 3 is 2.21 bits per heavy atom. The zero-order valence-electron chi connectivity index (χ0n) is 22.2. The second-order valence-corrected chi connectivity index (χ2v) is 11.1. The van der Waals surface area contributed by atoms with E-state index in [1.165, 1.54) is 49.4 Å². The fourth-order valence-electron chi connectivity index (χ4n) is 3.90. The molecule has 3 rings (SSSR count). The molecule has 0 aliphatic carbocycles. The molecule has 3 aromatic rings. The Balaban J connectivity index is 2.00. The van der Waals surface area contributed by atoms with E-state index < -0.39 is 46.1 Å². The number of amides is 2. The number of sulfonamides is 1. The molecule has 1 unspecified atom stereocenters. The first-order chi connectivity index (χ1) is 18.5. The molecule has 0 heterocycles. The number of aryl methyl sites for hydroxylation is 1. The standard InChI is InChI=1S/C29H33F2N3O4S/c1-4-5-18-32-29(36)22(3)33(19-23-8-6-7-9-27(23)31)28(35)20-34(25-14-12-24(30)13-15-25)39(37,38)26-16-10-21(2)11-17-26/h6-17,22H,4-5,18-20H2,1-3H3,(H,32,36). The van der Waals surface area contributed by atoms with Gasteiger partial charge in [-0.25, -0.2) is 17.2 Å². The van der Waals surface area contributed by atoms with E-state index in [4.69, 9.17) is 0 Å². The lowest BCUT2D eigenvalue weighted by Crippen LogP contribution is -2.51. The molecule has 0 aliphatic rings. The Kier molecular flexibility index (Phi) is 10.2. The van der Waals surface area contributed by atoms with Gasteiger partial charge in [0.2, 0.25) is 11.8 Å². The van der Waals surface area contributed by atoms with Crippen LogP contribution in [0.2, 0.25) is 0 Å². The third-order valence-electron chi connectivity index (χ3n) is 6.30. The molecule has 0 fully saturated rings. The van der Waals surface area contributed by atoms with Gasteiger partial charge in [0.05, 0.1) is 10.6 Å². The topological polar surface area (TPSA) is 86.8 Å². The number of rotatable bonds is 12. The van der Waals surface area contributed by atoms with Gasteiger partial charge in [0, 0.05) is 18.7 Å². The molecule has 0 aromatic heterocycles. The number of halogens is 2. The van der Waals surface area contributed by atoms with Crippen molar-refractivity contribution < 1.29 is 26.8 Å². The second-order valence-electron chi connectivity index (χ2n) is 9.23. The van der Waals surface area contributed by atoms with E-state index in [2.05, 4.69) is 5.32 Å². The van der Waals surface area contributed by atoms with Crippen molar-refractivity contribution >= 4 is 27.5 Å². The van der Waals surface area contributed by atoms with E-state index in [1.54, 1.807) is 18.2 Å². The Hall–Kier alpha value is -3.79. The van der Waals surface area contributed by atoms with Gasteiger partial charge in [0.15, 0.2) is 0 Å². The van der Waals surface area contributed by atoms with Crippen LogP contribution >= 0.6 is 0 Å². The summed E-state index contributed by atoms with van der Waals surface area (Å²) < 4.78 is 56.5. The first-order valence-corrected chi connectivity index (χ1v) is 14.1. The van der Waals surface area contributed by atoms with E-state index in [-0.39, 0.29) is 22.7 Å². The van der Waals surface area contributed by atoms with Crippen molar-refractivity contribution in [2.75, 3.05) is 17.4 Å². The lowest BCUT2D eigenvalue weighted by molar-refractivity contribution is -0.139. The molecule has 0 radical (unpaired) electrons. The lowest BCUT2D eigenvalue weighted by Gasteiger charge is -2.32. The largest absolute Gasteiger partial charge is 0.354 e. The zero-order chi connectivity index (χ0) is 28.6. The molecular formula is C29H33F2N3O4S. The number of nitrogens with one attached hydrogen (secondary N) is 1. The summed E-state index contributed by atoms with van der Waals surface area (Å²) in [6.45, 7) is 4.76. The minimum atomic E-state index is -4.27. The summed E-state index contributed by atoms with van der Waals surface area (Å²) in [5.74, 6) is -2.30. The van der Waals surface area contributed by atoms with Crippen molar-refractivity contribution in [3.8, 4) is 0 Å². The Bertz CT molecular complexity index is 1380. The highest BCUT2D eigenvalue weighted by molar-refractivity contribution is 7.92. The van der Waals surface area contributed by atoms with Crippen molar-refractivity contribution in [3.05, 3.63) is 95.6 Å². The minimum Gasteiger partial charge on any atom is -0.354 e. The van der Waals surface area contributed by atoms with Crippen LogP contribution in [0.25, 0.3) is 0 Å². The Morgan fingerprint density at radius 2 is 1.59 bits per heavy atom. The van der Waals surface area contributed by atoms with Crippen LogP contribution in [-0.4, -0.2) is 44.3 Å². The maximum Gasteiger partial charge on any atom is 0.264 e. The number of carbonyl (C=O) groups excluding carboxylic acids is 2. The van der Waals surface area contributed by atoms with Gasteiger partial charge in [-0.15, -0.1) is 0 Å². The molecule has 1 N–H and O–H groups in total. The van der Waals surface area contributed by atoms with Crippen molar-refractivity contribution in [2.45, 2.75) is 51.1 Å². The quantitative estimate of drug-likeness (QED) is 0.324. The molecule has 1 atom stereocenters. The van der Waals surface area contributed by atoms with Gasteiger partial charge in [-0.3, -0.25) is 13.9 Å². The molecule has 0 spiro atoms. The van der Waals surface area contributed by atoms with E-state index in [1.807, 2.05) is 13.8 Å². The average Bonchev–Trinajstić information content (AvgIpc) is 2.91. The SMILES string of the molecule is CCCCNC(=O)C(C)N(Cc1ccccc1F)C(=O)CN(c1ccc(F)cc1)S(=O)(=O)c1ccc(C)cc1. The molecule has 10 heteroatoms. The number of hydrogen-bond donors (Lipinski definition) is 1. The highest BCUT2D eigenvalue weighted by Gasteiger charge is 2.32. The van der Waals surface area contributed by atoms with Crippen molar-refractivity contribution in [1.82, 2.24) is 10.2 Å². The zero-order valence-corrected chi connectivity index (χ0v) is 23.0. The predicted molar refractivity (Wildman–Crippen MR) is 146 cm³/mol. The van der Waals surface area contributed by atoms with Crippen LogP contribution in [0.15, 0.2) is 77.7 Å². The van der Waals surface area contributed by atoms with Gasteiger partial charge in [-0.1, -0.05) is 49.2 Å². The molecule has 0 saturated heterocycles. The van der Waals surface area contributed by atoms with Crippen molar-refractivity contribution in [2.24, 2.45) is 0 Å². The number of benzene rings is 3. The summed E-state index contributed by atoms with van der Waals surface area (Å²) in [6, 6.07) is 15.7. The summed E-state index contributed by atoms with van der Waals surface area (Å²) in [6.07, 6.45) is 1.60. The monoisotopic (exact) mass is 557 g/mol. The van der Waals surface area contributed by atoms with Crippen molar-refractivity contribution in [3.63, 3.8) is 0 Å². The smallest absolute Gasteiger partial charge is 0.264 e. The molecule has 3 aromatic carbocycles. The van der Waals surface area contributed by atoms with Crippen LogP contribution in [0.5, 0.6) is 0 Å². The molecule has 0 bridgehead atoms. The average molecular weight is 558 g/mol. The number of anilines is 1. The normalized spacial score (nSPS) is 12.0. The van der Waals surface area contributed by atoms with Crippen LogP contribution in [0, 0.1) is 18.6 Å². The van der Waals surface area contributed by atoms with Crippen LogP contribution in [0.1, 0.15) is 37.8 Å². The molecule has 2 amide bonds. The first-order valence-electron chi connectivity index (χ1n) is 12.7. The highest BCUT2D eigenvalue weighted by Crippen LogP contribution is 2.25. The van der Waals surface area contributed by atoms with E-state index >= 15 is 0 Å². The maximum absolute atomic E-state index is 14.6. The first kappa shape index (κ1) is 29.8. The van der Waals surface area contributed by atoms with Gasteiger partial charge in [0.1, 0.15) is 24.2 Å². The molecular weight excluding hydrogens is 524 g/mol. The summed E-state index contributed by atoms with van der Waals surface area (Å²) in [4.78, 5) is 27.8. The Morgan fingerprint density at radius 1 is 0.949 bits per heavy atom. The minimum absolute atomic E-state index is 0.0590. The van der Waals surface area contributed by atoms with Gasteiger partial charge >= 0.3 is 0 Å². The molecule has 7 nitrogen and oxygen atoms in total. The molecule has 0 saturated carbocycles. The van der Waals surface area contributed by atoms with Gasteiger partial charge in [-0.2, -0.15) is 0 Å². The Labute approximate surface area is 228 Å². The fourth-order valence-corrected chi connectivity index (χ4v) is 5.32. The summed E-state index contributed by atoms with van der Waals surface area (Å²) in [5, 5.41) is 2.77. The fraction of sp³-hybridized carbons (Fsp3) is 0.310. The summed E-state index contributed by atoms with van der Waals surface area (Å²) in [5.41, 5.74) is 1.09. The number of hydrogen-bond acceptors (Lipinski definition) is 4. The van der Waals surface area contributed by atoms with Gasteiger partial charge in [-0.05, 0) is 62.7 Å².